The number of hydrogen-bond donors (Lipinski definition) is 1. The molecule has 104 valence electrons. The van der Waals surface area contributed by atoms with E-state index in [-0.39, 0.29) is 18.4 Å². The van der Waals surface area contributed by atoms with Gasteiger partial charge in [0.2, 0.25) is 0 Å². The van der Waals surface area contributed by atoms with E-state index in [2.05, 4.69) is 15.9 Å². The molecular formula is C14H18BrNO3. The molecule has 1 rings (SSSR count). The minimum Gasteiger partial charge on any atom is -0.480 e. The van der Waals surface area contributed by atoms with E-state index < -0.39 is 5.97 Å². The molecule has 1 aromatic carbocycles. The van der Waals surface area contributed by atoms with Gasteiger partial charge >= 0.3 is 5.97 Å². The van der Waals surface area contributed by atoms with E-state index >= 15 is 0 Å². The molecule has 1 N–H and O–H groups in total. The molecule has 0 saturated heterocycles. The molecule has 0 spiro atoms. The maximum atomic E-state index is 12.4. The SMILES string of the molecule is Cc1ccc(Br)cc1C(=O)N(CC(=O)O)CC(C)C. The number of amides is 1. The Hall–Kier alpha value is -1.36. The van der Waals surface area contributed by atoms with Crippen LogP contribution in [0, 0.1) is 12.8 Å². The number of benzene rings is 1. The van der Waals surface area contributed by atoms with E-state index in [1.54, 1.807) is 6.07 Å². The molecule has 5 heteroatoms. The first-order valence-corrected chi connectivity index (χ1v) is 6.87. The van der Waals surface area contributed by atoms with Crippen LogP contribution < -0.4 is 0 Å². The third-order valence-electron chi connectivity index (χ3n) is 2.63. The third-order valence-corrected chi connectivity index (χ3v) is 3.12. The normalized spacial score (nSPS) is 10.6. The van der Waals surface area contributed by atoms with Crippen molar-refractivity contribution in [1.29, 1.82) is 0 Å². The molecular weight excluding hydrogens is 310 g/mol. The van der Waals surface area contributed by atoms with E-state index in [1.165, 1.54) is 4.90 Å². The molecule has 4 nitrogen and oxygen atoms in total. The van der Waals surface area contributed by atoms with Crippen molar-refractivity contribution in [3.63, 3.8) is 0 Å². The highest BCUT2D eigenvalue weighted by atomic mass is 79.9. The predicted molar refractivity (Wildman–Crippen MR) is 77.3 cm³/mol. The summed E-state index contributed by atoms with van der Waals surface area (Å²) in [7, 11) is 0. The van der Waals surface area contributed by atoms with E-state index in [1.807, 2.05) is 32.9 Å². The smallest absolute Gasteiger partial charge is 0.323 e. The molecule has 0 aliphatic heterocycles. The highest BCUT2D eigenvalue weighted by Crippen LogP contribution is 2.18. The van der Waals surface area contributed by atoms with Gasteiger partial charge in [-0.3, -0.25) is 9.59 Å². The van der Waals surface area contributed by atoms with Crippen LogP contribution in [0.15, 0.2) is 22.7 Å². The summed E-state index contributed by atoms with van der Waals surface area (Å²) in [6.45, 7) is 5.90. The molecule has 0 bridgehead atoms. The first-order chi connectivity index (χ1) is 8.81. The molecule has 0 aliphatic carbocycles. The Morgan fingerprint density at radius 2 is 2.00 bits per heavy atom. The van der Waals surface area contributed by atoms with Crippen LogP contribution in [0.5, 0.6) is 0 Å². The number of carbonyl (C=O) groups is 2. The highest BCUT2D eigenvalue weighted by molar-refractivity contribution is 9.10. The summed E-state index contributed by atoms with van der Waals surface area (Å²) >= 11 is 3.33. The fraction of sp³-hybridized carbons (Fsp3) is 0.429. The summed E-state index contributed by atoms with van der Waals surface area (Å²) in [5, 5.41) is 8.91. The molecule has 19 heavy (non-hydrogen) atoms. The number of halogens is 1. The van der Waals surface area contributed by atoms with Crippen molar-refractivity contribution in [3.05, 3.63) is 33.8 Å². The van der Waals surface area contributed by atoms with Crippen molar-refractivity contribution in [2.45, 2.75) is 20.8 Å². The van der Waals surface area contributed by atoms with E-state index in [9.17, 15) is 9.59 Å². The van der Waals surface area contributed by atoms with E-state index in [0.717, 1.165) is 10.0 Å². The zero-order chi connectivity index (χ0) is 14.6. The second kappa shape index (κ2) is 6.70. The van der Waals surface area contributed by atoms with Crippen LogP contribution in [0.2, 0.25) is 0 Å². The van der Waals surface area contributed by atoms with Crippen LogP contribution in [0.1, 0.15) is 29.8 Å². The van der Waals surface area contributed by atoms with Crippen LogP contribution in [-0.4, -0.2) is 35.0 Å². The molecule has 0 atom stereocenters. The summed E-state index contributed by atoms with van der Waals surface area (Å²) in [5.74, 6) is -1.02. The summed E-state index contributed by atoms with van der Waals surface area (Å²) in [5.41, 5.74) is 1.38. The Morgan fingerprint density at radius 1 is 1.37 bits per heavy atom. The standard InChI is InChI=1S/C14H18BrNO3/c1-9(2)7-16(8-13(17)18)14(19)12-6-11(15)5-4-10(12)3/h4-6,9H,7-8H2,1-3H3,(H,17,18). The van der Waals surface area contributed by atoms with Crippen LogP contribution in [0.4, 0.5) is 0 Å². The van der Waals surface area contributed by atoms with Crippen molar-refractivity contribution in [2.24, 2.45) is 5.92 Å². The molecule has 0 saturated carbocycles. The minimum atomic E-state index is -0.998. The van der Waals surface area contributed by atoms with Gasteiger partial charge in [0, 0.05) is 16.6 Å². The van der Waals surface area contributed by atoms with Crippen molar-refractivity contribution in [2.75, 3.05) is 13.1 Å². The quantitative estimate of drug-likeness (QED) is 0.904. The summed E-state index contributed by atoms with van der Waals surface area (Å²) in [6.07, 6.45) is 0. The Bertz CT molecular complexity index is 486. The number of rotatable bonds is 5. The predicted octanol–water partition coefficient (Wildman–Crippen LogP) is 2.94. The molecule has 0 heterocycles. The number of carboxylic acids is 1. The van der Waals surface area contributed by atoms with Crippen molar-refractivity contribution < 1.29 is 14.7 Å². The third kappa shape index (κ3) is 4.67. The lowest BCUT2D eigenvalue weighted by Gasteiger charge is -2.23. The summed E-state index contributed by atoms with van der Waals surface area (Å²) in [6, 6.07) is 5.43. The van der Waals surface area contributed by atoms with Crippen LogP contribution in [0.25, 0.3) is 0 Å². The van der Waals surface area contributed by atoms with Crippen LogP contribution in [0.3, 0.4) is 0 Å². The molecule has 0 radical (unpaired) electrons. The Labute approximate surface area is 121 Å². The monoisotopic (exact) mass is 327 g/mol. The molecule has 0 unspecified atom stereocenters. The summed E-state index contributed by atoms with van der Waals surface area (Å²) < 4.78 is 0.807. The Balaban J connectivity index is 3.03. The van der Waals surface area contributed by atoms with Gasteiger partial charge in [0.25, 0.3) is 5.91 Å². The second-order valence-corrected chi connectivity index (χ2v) is 5.85. The fourth-order valence-electron chi connectivity index (χ4n) is 1.82. The van der Waals surface area contributed by atoms with Crippen LogP contribution in [-0.2, 0) is 4.79 Å². The van der Waals surface area contributed by atoms with Crippen molar-refractivity contribution in [3.8, 4) is 0 Å². The van der Waals surface area contributed by atoms with Gasteiger partial charge in [-0.25, -0.2) is 0 Å². The molecule has 0 aromatic heterocycles. The highest BCUT2D eigenvalue weighted by Gasteiger charge is 2.21. The van der Waals surface area contributed by atoms with Gasteiger partial charge in [-0.2, -0.15) is 0 Å². The van der Waals surface area contributed by atoms with Gasteiger partial charge in [-0.15, -0.1) is 0 Å². The van der Waals surface area contributed by atoms with E-state index in [0.29, 0.717) is 12.1 Å². The maximum absolute atomic E-state index is 12.4. The molecule has 0 fully saturated rings. The lowest BCUT2D eigenvalue weighted by Crippen LogP contribution is -2.38. The van der Waals surface area contributed by atoms with Crippen LogP contribution >= 0.6 is 15.9 Å². The number of nitrogens with zero attached hydrogens (tertiary/aromatic N) is 1. The zero-order valence-electron chi connectivity index (χ0n) is 11.3. The number of aryl methyl sites for hydroxylation is 1. The number of aliphatic carboxylic acids is 1. The number of hydrogen-bond acceptors (Lipinski definition) is 2. The Kier molecular flexibility index (Phi) is 5.54. The zero-order valence-corrected chi connectivity index (χ0v) is 12.9. The van der Waals surface area contributed by atoms with Gasteiger partial charge in [-0.1, -0.05) is 35.8 Å². The average Bonchev–Trinajstić information content (AvgIpc) is 2.29. The molecule has 1 amide bonds. The second-order valence-electron chi connectivity index (χ2n) is 4.93. The fourth-order valence-corrected chi connectivity index (χ4v) is 2.18. The molecule has 1 aromatic rings. The number of carbonyl (C=O) groups excluding carboxylic acids is 1. The minimum absolute atomic E-state index is 0.218. The van der Waals surface area contributed by atoms with Crippen molar-refractivity contribution >= 4 is 27.8 Å². The largest absolute Gasteiger partial charge is 0.480 e. The lowest BCUT2D eigenvalue weighted by atomic mass is 10.1. The van der Waals surface area contributed by atoms with Gasteiger partial charge in [-0.05, 0) is 30.5 Å². The first kappa shape index (κ1) is 15.7. The van der Waals surface area contributed by atoms with Gasteiger partial charge in [0.1, 0.15) is 6.54 Å². The van der Waals surface area contributed by atoms with E-state index in [4.69, 9.17) is 5.11 Å². The topological polar surface area (TPSA) is 57.6 Å². The van der Waals surface area contributed by atoms with Gasteiger partial charge < -0.3 is 10.0 Å². The maximum Gasteiger partial charge on any atom is 0.323 e. The number of carboxylic acid groups (broad SMARTS) is 1. The van der Waals surface area contributed by atoms with Gasteiger partial charge in [0.05, 0.1) is 0 Å². The lowest BCUT2D eigenvalue weighted by molar-refractivity contribution is -0.137. The Morgan fingerprint density at radius 3 is 2.53 bits per heavy atom. The van der Waals surface area contributed by atoms with Crippen molar-refractivity contribution in [1.82, 2.24) is 4.90 Å². The summed E-state index contributed by atoms with van der Waals surface area (Å²) in [4.78, 5) is 24.7. The first-order valence-electron chi connectivity index (χ1n) is 6.08. The average molecular weight is 328 g/mol. The molecule has 0 aliphatic rings. The van der Waals surface area contributed by atoms with Gasteiger partial charge in [0.15, 0.2) is 0 Å².